The van der Waals surface area contributed by atoms with Crippen LogP contribution in [0, 0.1) is 0 Å². The van der Waals surface area contributed by atoms with Gasteiger partial charge in [0.1, 0.15) is 23.1 Å². The third kappa shape index (κ3) is 6.46. The van der Waals surface area contributed by atoms with Gasteiger partial charge < -0.3 is 34.9 Å². The summed E-state index contributed by atoms with van der Waals surface area (Å²) in [6.45, 7) is 5.89. The minimum Gasteiger partial charge on any atom is -0.495 e. The van der Waals surface area contributed by atoms with E-state index >= 15 is 0 Å². The number of halogens is 2. The number of hydrogen-bond donors (Lipinski definition) is 3. The van der Waals surface area contributed by atoms with Crippen molar-refractivity contribution in [3.05, 3.63) is 47.1 Å². The van der Waals surface area contributed by atoms with Crippen molar-refractivity contribution >= 4 is 51.5 Å². The Labute approximate surface area is 248 Å². The van der Waals surface area contributed by atoms with Gasteiger partial charge >= 0.3 is 0 Å². The zero-order valence-electron chi connectivity index (χ0n) is 23.0. The number of amides is 1. The molecule has 1 unspecified atom stereocenters. The predicted octanol–water partition coefficient (Wildman–Crippen LogP) is 5.08. The molecule has 3 N–H and O–H groups in total. The molecular weight excluding hydrogens is 569 g/mol. The van der Waals surface area contributed by atoms with Crippen LogP contribution in [-0.4, -0.2) is 74.6 Å². The Morgan fingerprint density at radius 2 is 1.90 bits per heavy atom. The SMILES string of the molecule is C=CC(=O)N[C@H]1CCOC[C@H]1Nc1cc2c(NCC3CCCO3)nc(-c3c(Cl)c(OC)cc(OC)c3Cl)cc2cn1. The normalized spacial score (nSPS) is 20.4. The van der Waals surface area contributed by atoms with E-state index in [0.29, 0.717) is 70.6 Å². The molecule has 2 aliphatic heterocycles. The molecule has 1 amide bonds. The summed E-state index contributed by atoms with van der Waals surface area (Å²) in [5.41, 5.74) is 1.03. The van der Waals surface area contributed by atoms with Gasteiger partial charge in [-0.2, -0.15) is 0 Å². The highest BCUT2D eigenvalue weighted by molar-refractivity contribution is 6.41. The summed E-state index contributed by atoms with van der Waals surface area (Å²) >= 11 is 13.5. The molecule has 0 bridgehead atoms. The van der Waals surface area contributed by atoms with E-state index in [2.05, 4.69) is 27.5 Å². The van der Waals surface area contributed by atoms with Gasteiger partial charge in [0, 0.05) is 48.4 Å². The predicted molar refractivity (Wildman–Crippen MR) is 161 cm³/mol. The van der Waals surface area contributed by atoms with Gasteiger partial charge in [0.2, 0.25) is 5.91 Å². The number of carbonyl (C=O) groups is 1. The van der Waals surface area contributed by atoms with Crippen LogP contribution in [0.4, 0.5) is 11.6 Å². The van der Waals surface area contributed by atoms with Crippen LogP contribution in [0.25, 0.3) is 22.0 Å². The number of fused-ring (bicyclic) bond motifs is 1. The number of nitrogens with one attached hydrogen (secondary N) is 3. The molecule has 2 aliphatic rings. The lowest BCUT2D eigenvalue weighted by Crippen LogP contribution is -2.52. The largest absolute Gasteiger partial charge is 0.495 e. The number of ether oxygens (including phenoxy) is 4. The molecule has 1 aromatic carbocycles. The van der Waals surface area contributed by atoms with E-state index in [1.54, 1.807) is 12.3 Å². The average molecular weight is 603 g/mol. The topological polar surface area (TPSA) is 116 Å². The van der Waals surface area contributed by atoms with Crippen molar-refractivity contribution in [3.8, 4) is 22.8 Å². The van der Waals surface area contributed by atoms with E-state index in [1.165, 1.54) is 20.3 Å². The molecule has 5 rings (SSSR count). The Bertz CT molecular complexity index is 1400. The average Bonchev–Trinajstić information content (AvgIpc) is 3.51. The second-order valence-electron chi connectivity index (χ2n) is 9.88. The standard InChI is InChI=1S/C29H33Cl2N5O5/c1-4-25(37)35-19-7-9-40-15-21(19)34-24-11-18-16(13-32-24)10-20(36-29(18)33-14-17-6-5-8-41-17)26-27(30)22(38-2)12-23(39-3)28(26)31/h4,10-13,17,19,21H,1,5-9,14-15H2,2-3H3,(H,32,34)(H,33,36)(H,35,37)/t17?,19-,21+/m0/s1. The Balaban J connectivity index is 1.54. The van der Waals surface area contributed by atoms with Crippen molar-refractivity contribution in [1.82, 2.24) is 15.3 Å². The number of rotatable bonds is 10. The lowest BCUT2D eigenvalue weighted by atomic mass is 10.0. The van der Waals surface area contributed by atoms with Crippen LogP contribution in [-0.2, 0) is 14.3 Å². The van der Waals surface area contributed by atoms with Gasteiger partial charge in [-0.25, -0.2) is 9.97 Å². The molecule has 0 radical (unpaired) electrons. The maximum Gasteiger partial charge on any atom is 0.243 e. The zero-order valence-corrected chi connectivity index (χ0v) is 24.5. The minimum absolute atomic E-state index is 0.0904. The molecule has 4 heterocycles. The Morgan fingerprint density at radius 1 is 1.12 bits per heavy atom. The smallest absolute Gasteiger partial charge is 0.243 e. The molecule has 10 nitrogen and oxygen atoms in total. The van der Waals surface area contributed by atoms with Crippen LogP contribution in [0.5, 0.6) is 11.5 Å². The minimum atomic E-state index is -0.223. The third-order valence-electron chi connectivity index (χ3n) is 7.27. The first-order valence-corrected chi connectivity index (χ1v) is 14.2. The molecule has 41 heavy (non-hydrogen) atoms. The zero-order chi connectivity index (χ0) is 28.9. The van der Waals surface area contributed by atoms with E-state index in [0.717, 1.165) is 30.2 Å². The van der Waals surface area contributed by atoms with Crippen molar-refractivity contribution in [2.75, 3.05) is 51.2 Å². The summed E-state index contributed by atoms with van der Waals surface area (Å²) in [7, 11) is 3.06. The summed E-state index contributed by atoms with van der Waals surface area (Å²) in [4.78, 5) is 21.6. The van der Waals surface area contributed by atoms with Crippen LogP contribution < -0.4 is 25.4 Å². The molecule has 2 fully saturated rings. The van der Waals surface area contributed by atoms with E-state index in [9.17, 15) is 4.79 Å². The molecule has 2 aromatic heterocycles. The molecule has 0 spiro atoms. The number of pyridine rings is 2. The third-order valence-corrected chi connectivity index (χ3v) is 8.02. The second kappa shape index (κ2) is 13.1. The first kappa shape index (κ1) is 29.2. The van der Waals surface area contributed by atoms with Gasteiger partial charge in [0.05, 0.1) is 54.8 Å². The fraction of sp³-hybridized carbons (Fsp3) is 0.414. The first-order chi connectivity index (χ1) is 19.9. The number of benzene rings is 1. The number of nitrogens with zero attached hydrogens (tertiary/aromatic N) is 2. The summed E-state index contributed by atoms with van der Waals surface area (Å²) in [6, 6.07) is 5.16. The lowest BCUT2D eigenvalue weighted by molar-refractivity contribution is -0.117. The molecule has 0 aliphatic carbocycles. The van der Waals surface area contributed by atoms with Crippen LogP contribution >= 0.6 is 23.2 Å². The fourth-order valence-corrected chi connectivity index (χ4v) is 5.79. The quantitative estimate of drug-likeness (QED) is 0.273. The number of anilines is 2. The summed E-state index contributed by atoms with van der Waals surface area (Å²) in [5.74, 6) is 1.87. The summed E-state index contributed by atoms with van der Waals surface area (Å²) in [6.07, 6.45) is 5.80. The van der Waals surface area contributed by atoms with Gasteiger partial charge in [-0.05, 0) is 37.5 Å². The van der Waals surface area contributed by atoms with Gasteiger partial charge in [-0.15, -0.1) is 0 Å². The highest BCUT2D eigenvalue weighted by Gasteiger charge is 2.27. The molecule has 218 valence electrons. The fourth-order valence-electron chi connectivity index (χ4n) is 5.10. The van der Waals surface area contributed by atoms with Gasteiger partial charge in [-0.3, -0.25) is 4.79 Å². The van der Waals surface area contributed by atoms with Crippen molar-refractivity contribution in [2.45, 2.75) is 37.5 Å². The van der Waals surface area contributed by atoms with Crippen LogP contribution in [0.2, 0.25) is 10.0 Å². The molecule has 3 aromatic rings. The van der Waals surface area contributed by atoms with Crippen molar-refractivity contribution in [3.63, 3.8) is 0 Å². The first-order valence-electron chi connectivity index (χ1n) is 13.5. The van der Waals surface area contributed by atoms with Crippen LogP contribution in [0.3, 0.4) is 0 Å². The Morgan fingerprint density at radius 3 is 2.59 bits per heavy atom. The number of carbonyl (C=O) groups excluding carboxylic acids is 1. The summed E-state index contributed by atoms with van der Waals surface area (Å²) in [5, 5.41) is 12.2. The molecule has 3 atom stereocenters. The Hall–Kier alpha value is -3.31. The molecule has 0 saturated carbocycles. The maximum absolute atomic E-state index is 12.0. The maximum atomic E-state index is 12.0. The molecule has 2 saturated heterocycles. The van der Waals surface area contributed by atoms with Crippen molar-refractivity contribution < 1.29 is 23.7 Å². The number of methoxy groups -OCH3 is 2. The van der Waals surface area contributed by atoms with E-state index in [1.807, 2.05) is 12.1 Å². The highest BCUT2D eigenvalue weighted by atomic mass is 35.5. The van der Waals surface area contributed by atoms with Gasteiger partial charge in [0.25, 0.3) is 0 Å². The number of hydrogen-bond acceptors (Lipinski definition) is 9. The van der Waals surface area contributed by atoms with Crippen LogP contribution in [0.1, 0.15) is 19.3 Å². The Kier molecular flexibility index (Phi) is 9.34. The van der Waals surface area contributed by atoms with Crippen LogP contribution in [0.15, 0.2) is 37.1 Å². The van der Waals surface area contributed by atoms with E-state index in [-0.39, 0.29) is 24.1 Å². The van der Waals surface area contributed by atoms with Crippen molar-refractivity contribution in [2.24, 2.45) is 0 Å². The van der Waals surface area contributed by atoms with Gasteiger partial charge in [-0.1, -0.05) is 29.8 Å². The lowest BCUT2D eigenvalue weighted by Gasteiger charge is -2.32. The molecular formula is C29H33Cl2N5O5. The van der Waals surface area contributed by atoms with E-state index in [4.69, 9.17) is 47.1 Å². The molecule has 12 heteroatoms. The second-order valence-corrected chi connectivity index (χ2v) is 10.6. The van der Waals surface area contributed by atoms with E-state index < -0.39 is 0 Å². The highest BCUT2D eigenvalue weighted by Crippen LogP contribution is 2.46. The monoisotopic (exact) mass is 601 g/mol. The summed E-state index contributed by atoms with van der Waals surface area (Å²) < 4.78 is 22.5. The van der Waals surface area contributed by atoms with Gasteiger partial charge in [0.15, 0.2) is 0 Å². The van der Waals surface area contributed by atoms with Crippen molar-refractivity contribution in [1.29, 1.82) is 0 Å². The number of aromatic nitrogens is 2.